The molecule has 3 aliphatic rings. The van der Waals surface area contributed by atoms with E-state index in [0.29, 0.717) is 11.3 Å². The number of piperidine rings is 1. The second-order valence-corrected chi connectivity index (χ2v) is 9.83. The van der Waals surface area contributed by atoms with Gasteiger partial charge in [0.1, 0.15) is 11.4 Å². The smallest absolute Gasteiger partial charge is 0.278 e. The van der Waals surface area contributed by atoms with E-state index in [2.05, 4.69) is 16.8 Å². The monoisotopic (exact) mass is 439 g/mol. The molecule has 2 aliphatic heterocycles. The van der Waals surface area contributed by atoms with E-state index in [4.69, 9.17) is 4.74 Å². The quantitative estimate of drug-likeness (QED) is 0.629. The predicted octanol–water partition coefficient (Wildman–Crippen LogP) is 3.91. The lowest BCUT2D eigenvalue weighted by Gasteiger charge is -2.37. The summed E-state index contributed by atoms with van der Waals surface area (Å²) in [4.78, 5) is 33.4. The summed E-state index contributed by atoms with van der Waals surface area (Å²) in [6.45, 7) is 6.00. The fourth-order valence-electron chi connectivity index (χ4n) is 5.33. The largest absolute Gasteiger partial charge is 0.491 e. The van der Waals surface area contributed by atoms with Gasteiger partial charge < -0.3 is 14.5 Å². The summed E-state index contributed by atoms with van der Waals surface area (Å²) in [5.74, 6) is 0.533. The van der Waals surface area contributed by atoms with Gasteiger partial charge >= 0.3 is 0 Å². The first-order valence-corrected chi connectivity index (χ1v) is 12.2. The average Bonchev–Trinajstić information content (AvgIpc) is 3.04. The Labute approximate surface area is 192 Å². The summed E-state index contributed by atoms with van der Waals surface area (Å²) in [5, 5.41) is 0. The fraction of sp³-hybridized carbons (Fsp3) is 0.615. The van der Waals surface area contributed by atoms with Crippen molar-refractivity contribution in [2.24, 2.45) is 0 Å². The fourth-order valence-corrected chi connectivity index (χ4v) is 5.33. The molecule has 0 aromatic heterocycles. The van der Waals surface area contributed by atoms with Gasteiger partial charge in [-0.25, -0.2) is 0 Å². The first kappa shape index (κ1) is 22.8. The highest BCUT2D eigenvalue weighted by Gasteiger charge is 2.45. The second-order valence-electron chi connectivity index (χ2n) is 9.83. The second kappa shape index (κ2) is 9.65. The van der Waals surface area contributed by atoms with Gasteiger partial charge in [0, 0.05) is 19.1 Å². The van der Waals surface area contributed by atoms with E-state index in [-0.39, 0.29) is 30.0 Å². The number of carbonyl (C=O) groups excluding carboxylic acids is 2. The van der Waals surface area contributed by atoms with E-state index in [1.807, 2.05) is 45.2 Å². The topological polar surface area (TPSA) is 53.1 Å². The molecule has 1 saturated heterocycles. The zero-order valence-electron chi connectivity index (χ0n) is 20.0. The van der Waals surface area contributed by atoms with Crippen LogP contribution in [-0.4, -0.2) is 71.9 Å². The van der Waals surface area contributed by atoms with E-state index in [0.717, 1.165) is 62.9 Å². The number of imide groups is 1. The molecule has 0 N–H and O–H groups in total. The van der Waals surface area contributed by atoms with Crippen molar-refractivity contribution in [1.29, 1.82) is 0 Å². The minimum atomic E-state index is -0.130. The zero-order chi connectivity index (χ0) is 22.8. The zero-order valence-corrected chi connectivity index (χ0v) is 20.0. The van der Waals surface area contributed by atoms with Crippen molar-refractivity contribution in [2.45, 2.75) is 77.0 Å². The molecule has 2 amide bonds. The van der Waals surface area contributed by atoms with Crippen molar-refractivity contribution in [3.8, 4) is 5.75 Å². The standard InChI is InChI=1S/C26H37N3O3/c1-18(2)32-22-12-10-19(11-13-22)23-24(28(4)20-14-16-27(3)17-15-20)26(31)29(25(23)30)21-8-6-5-7-9-21/h10-13,18,20-21H,5-9,14-17H2,1-4H3. The third-order valence-corrected chi connectivity index (χ3v) is 7.13. The summed E-state index contributed by atoms with van der Waals surface area (Å²) in [7, 11) is 4.13. The maximum absolute atomic E-state index is 13.7. The van der Waals surface area contributed by atoms with Gasteiger partial charge in [-0.2, -0.15) is 0 Å². The Morgan fingerprint density at radius 2 is 1.56 bits per heavy atom. The molecule has 174 valence electrons. The van der Waals surface area contributed by atoms with Gasteiger partial charge in [0.05, 0.1) is 11.7 Å². The van der Waals surface area contributed by atoms with Gasteiger partial charge in [0.15, 0.2) is 0 Å². The molecule has 0 atom stereocenters. The van der Waals surface area contributed by atoms with Gasteiger partial charge in [-0.3, -0.25) is 14.5 Å². The van der Waals surface area contributed by atoms with Gasteiger partial charge in [0.25, 0.3) is 11.8 Å². The number of carbonyl (C=O) groups is 2. The molecule has 6 nitrogen and oxygen atoms in total. The lowest BCUT2D eigenvalue weighted by molar-refractivity contribution is -0.141. The number of rotatable bonds is 6. The van der Waals surface area contributed by atoms with Crippen LogP contribution in [0, 0.1) is 0 Å². The third-order valence-electron chi connectivity index (χ3n) is 7.13. The van der Waals surface area contributed by atoms with Crippen LogP contribution in [0.2, 0.25) is 0 Å². The van der Waals surface area contributed by atoms with Crippen molar-refractivity contribution < 1.29 is 14.3 Å². The average molecular weight is 440 g/mol. The first-order chi connectivity index (χ1) is 15.4. The molecule has 0 bridgehead atoms. The maximum Gasteiger partial charge on any atom is 0.278 e. The molecular formula is C26H37N3O3. The Morgan fingerprint density at radius 3 is 2.16 bits per heavy atom. The highest BCUT2D eigenvalue weighted by atomic mass is 16.5. The Kier molecular flexibility index (Phi) is 6.89. The molecule has 0 unspecified atom stereocenters. The number of nitrogens with zero attached hydrogens (tertiary/aromatic N) is 3. The van der Waals surface area contributed by atoms with Crippen LogP contribution in [0.5, 0.6) is 5.75 Å². The van der Waals surface area contributed by atoms with Crippen molar-refractivity contribution in [3.05, 3.63) is 35.5 Å². The summed E-state index contributed by atoms with van der Waals surface area (Å²) in [6.07, 6.45) is 7.26. The van der Waals surface area contributed by atoms with Gasteiger partial charge in [0.2, 0.25) is 0 Å². The minimum absolute atomic E-state index is 0.0192. The molecule has 1 aromatic carbocycles. The molecule has 6 heteroatoms. The van der Waals surface area contributed by atoms with Crippen LogP contribution in [0.15, 0.2) is 30.0 Å². The Hall–Kier alpha value is -2.34. The highest BCUT2D eigenvalue weighted by molar-refractivity contribution is 6.35. The van der Waals surface area contributed by atoms with Crippen molar-refractivity contribution in [1.82, 2.24) is 14.7 Å². The van der Waals surface area contributed by atoms with Gasteiger partial charge in [-0.05, 0) is 77.4 Å². The predicted molar refractivity (Wildman–Crippen MR) is 126 cm³/mol. The molecule has 32 heavy (non-hydrogen) atoms. The minimum Gasteiger partial charge on any atom is -0.491 e. The lowest BCUT2D eigenvalue weighted by atomic mass is 9.94. The number of hydrogen-bond donors (Lipinski definition) is 0. The summed E-state index contributed by atoms with van der Waals surface area (Å²) in [6, 6.07) is 7.93. The van der Waals surface area contributed by atoms with Crippen LogP contribution >= 0.6 is 0 Å². The third kappa shape index (κ3) is 4.56. The van der Waals surface area contributed by atoms with Crippen LogP contribution < -0.4 is 4.74 Å². The Bertz CT molecular complexity index is 863. The van der Waals surface area contributed by atoms with Gasteiger partial charge in [-0.1, -0.05) is 31.4 Å². The molecule has 1 aliphatic carbocycles. The van der Waals surface area contributed by atoms with Crippen LogP contribution in [0.25, 0.3) is 5.57 Å². The van der Waals surface area contributed by atoms with Crippen LogP contribution in [0.1, 0.15) is 64.4 Å². The molecule has 2 fully saturated rings. The number of likely N-dealkylation sites (N-methyl/N-ethyl adjacent to an activating group) is 1. The molecule has 1 saturated carbocycles. The summed E-state index contributed by atoms with van der Waals surface area (Å²) >= 11 is 0. The summed E-state index contributed by atoms with van der Waals surface area (Å²) in [5.41, 5.74) is 1.93. The Morgan fingerprint density at radius 1 is 0.938 bits per heavy atom. The van der Waals surface area contributed by atoms with E-state index < -0.39 is 0 Å². The molecule has 2 heterocycles. The van der Waals surface area contributed by atoms with Crippen LogP contribution in [0.4, 0.5) is 0 Å². The molecule has 4 rings (SSSR count). The molecular weight excluding hydrogens is 402 g/mol. The van der Waals surface area contributed by atoms with E-state index >= 15 is 0 Å². The summed E-state index contributed by atoms with van der Waals surface area (Å²) < 4.78 is 5.78. The Balaban J connectivity index is 1.69. The number of hydrogen-bond acceptors (Lipinski definition) is 5. The number of ether oxygens (including phenoxy) is 1. The van der Waals surface area contributed by atoms with Crippen molar-refractivity contribution in [2.75, 3.05) is 27.2 Å². The van der Waals surface area contributed by atoms with Crippen molar-refractivity contribution >= 4 is 17.4 Å². The number of benzene rings is 1. The molecule has 0 radical (unpaired) electrons. The van der Waals surface area contributed by atoms with E-state index in [9.17, 15) is 9.59 Å². The van der Waals surface area contributed by atoms with Gasteiger partial charge in [-0.15, -0.1) is 0 Å². The molecule has 1 aromatic rings. The SMILES string of the molecule is CC(C)Oc1ccc(C2=C(N(C)C3CCN(C)CC3)C(=O)N(C3CCCCC3)C2=O)cc1. The van der Waals surface area contributed by atoms with Crippen molar-refractivity contribution in [3.63, 3.8) is 0 Å². The normalized spacial score (nSPS) is 21.7. The number of likely N-dealkylation sites (tertiary alicyclic amines) is 1. The van der Waals surface area contributed by atoms with E-state index in [1.165, 1.54) is 6.42 Å². The van der Waals surface area contributed by atoms with E-state index in [1.54, 1.807) is 4.90 Å². The highest BCUT2D eigenvalue weighted by Crippen LogP contribution is 2.37. The van der Waals surface area contributed by atoms with Crippen LogP contribution in [-0.2, 0) is 9.59 Å². The maximum atomic E-state index is 13.7. The van der Waals surface area contributed by atoms with Crippen LogP contribution in [0.3, 0.4) is 0 Å². The lowest BCUT2D eigenvalue weighted by Crippen LogP contribution is -2.46. The first-order valence-electron chi connectivity index (χ1n) is 12.2. The number of amides is 2. The molecule has 0 spiro atoms.